The zero-order valence-corrected chi connectivity index (χ0v) is 9.80. The van der Waals surface area contributed by atoms with E-state index in [9.17, 15) is 9.50 Å². The fourth-order valence-corrected chi connectivity index (χ4v) is 2.07. The van der Waals surface area contributed by atoms with Crippen molar-refractivity contribution >= 4 is 11.8 Å². The summed E-state index contributed by atoms with van der Waals surface area (Å²) in [5, 5.41) is 9.68. The van der Waals surface area contributed by atoms with Crippen LogP contribution in [0.5, 0.6) is 0 Å². The lowest BCUT2D eigenvalue weighted by Gasteiger charge is -2.40. The molecule has 5 nitrogen and oxygen atoms in total. The van der Waals surface area contributed by atoms with Gasteiger partial charge in [0.15, 0.2) is 5.67 Å². The highest BCUT2D eigenvalue weighted by atomic mass is 19.1. The summed E-state index contributed by atoms with van der Waals surface area (Å²) < 4.78 is 14.4. The van der Waals surface area contributed by atoms with Crippen LogP contribution in [0.25, 0.3) is 0 Å². The van der Waals surface area contributed by atoms with E-state index in [2.05, 4.69) is 9.97 Å². The van der Waals surface area contributed by atoms with Gasteiger partial charge in [-0.05, 0) is 18.9 Å². The molecule has 0 amide bonds. The van der Waals surface area contributed by atoms with Crippen molar-refractivity contribution < 1.29 is 9.50 Å². The number of aliphatic hydroxyl groups is 1. The van der Waals surface area contributed by atoms with Crippen LogP contribution in [0.3, 0.4) is 0 Å². The smallest absolute Gasteiger partial charge is 0.227 e. The molecule has 0 unspecified atom stereocenters. The first-order chi connectivity index (χ1) is 8.05. The summed E-state index contributed by atoms with van der Waals surface area (Å²) in [6, 6.07) is 1.59. The molecule has 2 rings (SSSR count). The second kappa shape index (κ2) is 4.44. The number of aliphatic hydroxyl groups excluding tert-OH is 1. The molecule has 1 fully saturated rings. The molecule has 17 heavy (non-hydrogen) atoms. The maximum Gasteiger partial charge on any atom is 0.227 e. The third-order valence-corrected chi connectivity index (χ3v) is 3.26. The Hall–Kier alpha value is -1.43. The molecule has 2 atom stereocenters. The Kier molecular flexibility index (Phi) is 3.15. The number of anilines is 2. The lowest BCUT2D eigenvalue weighted by atomic mass is 9.89. The first-order valence-electron chi connectivity index (χ1n) is 5.75. The Morgan fingerprint density at radius 1 is 1.71 bits per heavy atom. The highest BCUT2D eigenvalue weighted by Gasteiger charge is 2.42. The maximum atomic E-state index is 14.4. The largest absolute Gasteiger partial charge is 0.390 e. The number of hydrogen-bond acceptors (Lipinski definition) is 5. The zero-order chi connectivity index (χ0) is 12.5. The third-order valence-electron chi connectivity index (χ3n) is 3.26. The van der Waals surface area contributed by atoms with E-state index in [1.807, 2.05) is 0 Å². The predicted molar refractivity (Wildman–Crippen MR) is 63.4 cm³/mol. The number of halogens is 1. The van der Waals surface area contributed by atoms with Crippen LogP contribution in [-0.2, 0) is 0 Å². The molecular formula is C11H17FN4O. The van der Waals surface area contributed by atoms with Crippen molar-refractivity contribution in [3.63, 3.8) is 0 Å². The number of nitrogens with zero attached hydrogens (tertiary/aromatic N) is 3. The summed E-state index contributed by atoms with van der Waals surface area (Å²) in [6.45, 7) is 2.37. The SMILES string of the molecule is CC[C@@]1(F)CN(c2nccc(N)n2)CC[C@H]1O. The van der Waals surface area contributed by atoms with Crippen molar-refractivity contribution in [1.29, 1.82) is 0 Å². The maximum absolute atomic E-state index is 14.4. The summed E-state index contributed by atoms with van der Waals surface area (Å²) >= 11 is 0. The van der Waals surface area contributed by atoms with E-state index in [1.165, 1.54) is 0 Å². The third kappa shape index (κ3) is 2.31. The molecule has 3 N–H and O–H groups in total. The van der Waals surface area contributed by atoms with E-state index < -0.39 is 11.8 Å². The van der Waals surface area contributed by atoms with Crippen LogP contribution in [0.2, 0.25) is 0 Å². The van der Waals surface area contributed by atoms with Crippen LogP contribution in [0.15, 0.2) is 12.3 Å². The molecule has 1 saturated heterocycles. The molecule has 0 spiro atoms. The minimum atomic E-state index is -1.59. The first-order valence-corrected chi connectivity index (χ1v) is 5.75. The standard InChI is InChI=1S/C11H17FN4O/c1-2-11(12)7-16(6-4-8(11)17)10-14-5-3-9(13)15-10/h3,5,8,17H,2,4,6-7H2,1H3,(H2,13,14,15)/t8-,11-/m1/s1. The van der Waals surface area contributed by atoms with Crippen LogP contribution in [0.4, 0.5) is 16.2 Å². The number of hydrogen-bond donors (Lipinski definition) is 2. The second-order valence-electron chi connectivity index (χ2n) is 4.40. The van der Waals surface area contributed by atoms with Crippen molar-refractivity contribution in [3.05, 3.63) is 12.3 Å². The average Bonchev–Trinajstić information content (AvgIpc) is 2.33. The molecule has 1 aromatic heterocycles. The molecule has 1 aromatic rings. The quantitative estimate of drug-likeness (QED) is 0.797. The predicted octanol–water partition coefficient (Wildman–Crippen LogP) is 0.748. The highest BCUT2D eigenvalue weighted by Crippen LogP contribution is 2.30. The Bertz CT molecular complexity index is 403. The number of nitrogens with two attached hydrogens (primary N) is 1. The van der Waals surface area contributed by atoms with Crippen molar-refractivity contribution in [3.8, 4) is 0 Å². The lowest BCUT2D eigenvalue weighted by molar-refractivity contribution is -0.0238. The fraction of sp³-hybridized carbons (Fsp3) is 0.636. The zero-order valence-electron chi connectivity index (χ0n) is 9.80. The van der Waals surface area contributed by atoms with Gasteiger partial charge < -0.3 is 15.7 Å². The van der Waals surface area contributed by atoms with Gasteiger partial charge >= 0.3 is 0 Å². The monoisotopic (exact) mass is 240 g/mol. The molecule has 0 aromatic carbocycles. The number of aromatic nitrogens is 2. The average molecular weight is 240 g/mol. The van der Waals surface area contributed by atoms with E-state index in [4.69, 9.17) is 5.73 Å². The molecule has 0 bridgehead atoms. The van der Waals surface area contributed by atoms with Gasteiger partial charge in [0.2, 0.25) is 5.95 Å². The summed E-state index contributed by atoms with van der Waals surface area (Å²) in [5.74, 6) is 0.787. The van der Waals surface area contributed by atoms with Gasteiger partial charge in [0.05, 0.1) is 12.6 Å². The van der Waals surface area contributed by atoms with Crippen LogP contribution in [0.1, 0.15) is 19.8 Å². The normalized spacial score (nSPS) is 29.4. The molecule has 6 heteroatoms. The Morgan fingerprint density at radius 2 is 2.47 bits per heavy atom. The second-order valence-corrected chi connectivity index (χ2v) is 4.40. The van der Waals surface area contributed by atoms with Crippen LogP contribution in [0, 0.1) is 0 Å². The molecular weight excluding hydrogens is 223 g/mol. The van der Waals surface area contributed by atoms with E-state index in [0.29, 0.717) is 24.7 Å². The van der Waals surface area contributed by atoms with Crippen LogP contribution >= 0.6 is 0 Å². The Morgan fingerprint density at radius 3 is 3.12 bits per heavy atom. The minimum Gasteiger partial charge on any atom is -0.390 e. The fourth-order valence-electron chi connectivity index (χ4n) is 2.07. The molecule has 0 saturated carbocycles. The van der Waals surface area contributed by atoms with Crippen molar-refractivity contribution in [2.75, 3.05) is 23.7 Å². The molecule has 94 valence electrons. The van der Waals surface area contributed by atoms with Gasteiger partial charge in [0, 0.05) is 12.7 Å². The summed E-state index contributed by atoms with van der Waals surface area (Å²) in [7, 11) is 0. The molecule has 1 aliphatic heterocycles. The van der Waals surface area contributed by atoms with Gasteiger partial charge in [-0.3, -0.25) is 0 Å². The number of rotatable bonds is 2. The van der Waals surface area contributed by atoms with Gasteiger partial charge in [-0.1, -0.05) is 6.92 Å². The highest BCUT2D eigenvalue weighted by molar-refractivity contribution is 5.39. The summed E-state index contributed by atoms with van der Waals surface area (Å²) in [5.41, 5.74) is 3.98. The van der Waals surface area contributed by atoms with Crippen molar-refractivity contribution in [1.82, 2.24) is 9.97 Å². The van der Waals surface area contributed by atoms with Gasteiger partial charge in [0.1, 0.15) is 5.82 Å². The van der Waals surface area contributed by atoms with E-state index >= 15 is 0 Å². The van der Waals surface area contributed by atoms with Gasteiger partial charge in [0.25, 0.3) is 0 Å². The Labute approximate surface area is 99.5 Å². The lowest BCUT2D eigenvalue weighted by Crippen LogP contribution is -2.54. The molecule has 0 aliphatic carbocycles. The van der Waals surface area contributed by atoms with E-state index in [1.54, 1.807) is 24.1 Å². The molecule has 2 heterocycles. The van der Waals surface area contributed by atoms with Crippen LogP contribution < -0.4 is 10.6 Å². The van der Waals surface area contributed by atoms with Crippen molar-refractivity contribution in [2.24, 2.45) is 0 Å². The van der Waals surface area contributed by atoms with Gasteiger partial charge in [-0.2, -0.15) is 4.98 Å². The number of alkyl halides is 1. The number of nitrogen functional groups attached to an aromatic ring is 1. The van der Waals surface area contributed by atoms with E-state index in [0.717, 1.165) is 0 Å². The topological polar surface area (TPSA) is 75.3 Å². The van der Waals surface area contributed by atoms with E-state index in [-0.39, 0.29) is 13.0 Å². The molecule has 1 aliphatic rings. The number of piperidine rings is 1. The minimum absolute atomic E-state index is 0.105. The first kappa shape index (κ1) is 12.0. The Balaban J connectivity index is 2.19. The van der Waals surface area contributed by atoms with Gasteiger partial charge in [-0.15, -0.1) is 0 Å². The molecule has 0 radical (unpaired) electrons. The summed E-state index contributed by atoms with van der Waals surface area (Å²) in [6.07, 6.45) is 1.29. The van der Waals surface area contributed by atoms with Gasteiger partial charge in [-0.25, -0.2) is 9.37 Å². The summed E-state index contributed by atoms with van der Waals surface area (Å²) in [4.78, 5) is 9.87. The van der Waals surface area contributed by atoms with Crippen molar-refractivity contribution in [2.45, 2.75) is 31.5 Å². The van der Waals surface area contributed by atoms with Crippen LogP contribution in [-0.4, -0.2) is 39.9 Å².